The minimum Gasteiger partial charge on any atom is -0.311 e. The lowest BCUT2D eigenvalue weighted by molar-refractivity contribution is 0.444. The number of anilines is 6. The molecule has 1 saturated carbocycles. The topological polar surface area (TPSA) is 6.48 Å². The van der Waals surface area contributed by atoms with Gasteiger partial charge < -0.3 is 9.80 Å². The molecule has 1 fully saturated rings. The highest BCUT2D eigenvalue weighted by Gasteiger charge is 2.43. The molecule has 0 aromatic heterocycles. The fourth-order valence-electron chi connectivity index (χ4n) is 8.90. The molecule has 0 bridgehead atoms. The molecular weight excluding hydrogens is 591 g/mol. The lowest BCUT2D eigenvalue weighted by Crippen LogP contribution is -2.61. The molecule has 2 nitrogen and oxygen atoms in total. The molecule has 0 unspecified atom stereocenters. The predicted octanol–water partition coefficient (Wildman–Crippen LogP) is 10.6. The van der Waals surface area contributed by atoms with Gasteiger partial charge in [0.05, 0.1) is 0 Å². The van der Waals surface area contributed by atoms with Gasteiger partial charge in [0, 0.05) is 34.1 Å². The lowest BCUT2D eigenvalue weighted by atomic mass is 9.33. The van der Waals surface area contributed by atoms with Gasteiger partial charge in [0.15, 0.2) is 0 Å². The van der Waals surface area contributed by atoms with Crippen LogP contribution < -0.4 is 26.2 Å². The molecule has 0 atom stereocenters. The zero-order chi connectivity index (χ0) is 32.3. The van der Waals surface area contributed by atoms with Crippen LogP contribution in [0.1, 0.15) is 43.6 Å². The highest BCUT2D eigenvalue weighted by Crippen LogP contribution is 2.47. The number of para-hydroxylation sites is 3. The summed E-state index contributed by atoms with van der Waals surface area (Å²) in [6, 6.07) is 59.0. The molecular formula is C46H37BN2. The van der Waals surface area contributed by atoms with Crippen LogP contribution in [-0.2, 0) is 0 Å². The molecule has 0 N–H and O–H groups in total. The van der Waals surface area contributed by atoms with Gasteiger partial charge in [-0.1, -0.05) is 122 Å². The van der Waals surface area contributed by atoms with Gasteiger partial charge in [-0.3, -0.25) is 0 Å². The fraction of sp³-hybridized carbons (Fsp3) is 0.130. The molecule has 7 aromatic carbocycles. The Balaban J connectivity index is 1.27. The summed E-state index contributed by atoms with van der Waals surface area (Å²) in [6.07, 6.45) is 6.51. The van der Waals surface area contributed by atoms with Gasteiger partial charge in [-0.25, -0.2) is 0 Å². The Bertz CT molecular complexity index is 2320. The molecule has 0 radical (unpaired) electrons. The van der Waals surface area contributed by atoms with E-state index in [0.29, 0.717) is 5.92 Å². The third-order valence-corrected chi connectivity index (χ3v) is 11.2. The number of hydrogen-bond acceptors (Lipinski definition) is 2. The maximum absolute atomic E-state index is 2.56. The summed E-state index contributed by atoms with van der Waals surface area (Å²) in [5, 5.41) is 2.54. The molecule has 49 heavy (non-hydrogen) atoms. The van der Waals surface area contributed by atoms with Crippen LogP contribution in [-0.4, -0.2) is 6.71 Å². The van der Waals surface area contributed by atoms with Crippen LogP contribution in [0.5, 0.6) is 0 Å². The fourth-order valence-corrected chi connectivity index (χ4v) is 8.90. The Morgan fingerprint density at radius 1 is 0.429 bits per heavy atom. The average molecular weight is 629 g/mol. The predicted molar refractivity (Wildman–Crippen MR) is 209 cm³/mol. The van der Waals surface area contributed by atoms with E-state index in [1.807, 2.05) is 0 Å². The van der Waals surface area contributed by atoms with Crippen molar-refractivity contribution in [3.63, 3.8) is 0 Å². The van der Waals surface area contributed by atoms with Crippen LogP contribution in [0.3, 0.4) is 0 Å². The van der Waals surface area contributed by atoms with Gasteiger partial charge in [0.25, 0.3) is 6.71 Å². The SMILES string of the molecule is c1ccc(N2c3ccccc3B3c4cc(-c5ccc6ccccc6c5)ccc4N(c4ccccc4)c4cc(C5CCCCC5)cc2c43)cc1. The van der Waals surface area contributed by atoms with E-state index in [0.717, 1.165) is 0 Å². The van der Waals surface area contributed by atoms with Gasteiger partial charge in [-0.05, 0) is 117 Å². The number of benzene rings is 7. The molecule has 3 heteroatoms. The van der Waals surface area contributed by atoms with E-state index in [-0.39, 0.29) is 6.71 Å². The van der Waals surface area contributed by atoms with Gasteiger partial charge in [-0.15, -0.1) is 0 Å². The van der Waals surface area contributed by atoms with Crippen molar-refractivity contribution in [2.45, 2.75) is 38.0 Å². The van der Waals surface area contributed by atoms with Crippen LogP contribution in [0.25, 0.3) is 21.9 Å². The Morgan fingerprint density at radius 2 is 1.00 bits per heavy atom. The van der Waals surface area contributed by atoms with Crippen molar-refractivity contribution >= 4 is 68.0 Å². The van der Waals surface area contributed by atoms with Crippen molar-refractivity contribution in [1.82, 2.24) is 0 Å². The molecule has 10 rings (SSSR count). The molecule has 7 aromatic rings. The molecule has 0 spiro atoms. The van der Waals surface area contributed by atoms with E-state index in [1.165, 1.54) is 110 Å². The van der Waals surface area contributed by atoms with E-state index in [4.69, 9.17) is 0 Å². The first-order valence-corrected chi connectivity index (χ1v) is 17.9. The van der Waals surface area contributed by atoms with Crippen LogP contribution >= 0.6 is 0 Å². The number of nitrogens with zero attached hydrogens (tertiary/aromatic N) is 2. The summed E-state index contributed by atoms with van der Waals surface area (Å²) in [6.45, 7) is 0.108. The Hall–Kier alpha value is -5.54. The van der Waals surface area contributed by atoms with Crippen molar-refractivity contribution in [2.24, 2.45) is 0 Å². The second-order valence-corrected chi connectivity index (χ2v) is 14.0. The summed E-state index contributed by atoms with van der Waals surface area (Å²) < 4.78 is 0. The highest BCUT2D eigenvalue weighted by atomic mass is 15.2. The normalized spacial score (nSPS) is 15.1. The van der Waals surface area contributed by atoms with E-state index in [1.54, 1.807) is 0 Å². The first kappa shape index (κ1) is 28.5. The number of fused-ring (bicyclic) bond motifs is 5. The molecule has 1 aliphatic carbocycles. The van der Waals surface area contributed by atoms with Crippen LogP contribution in [0.15, 0.2) is 158 Å². The summed E-state index contributed by atoms with van der Waals surface area (Å²) in [7, 11) is 0. The first-order chi connectivity index (χ1) is 24.3. The van der Waals surface area contributed by atoms with Crippen LogP contribution in [0, 0.1) is 0 Å². The third kappa shape index (κ3) is 4.64. The molecule has 2 heterocycles. The van der Waals surface area contributed by atoms with Gasteiger partial charge in [0.2, 0.25) is 0 Å². The number of rotatable bonds is 4. The van der Waals surface area contributed by atoms with Crippen molar-refractivity contribution < 1.29 is 0 Å². The quantitative estimate of drug-likeness (QED) is 0.179. The largest absolute Gasteiger partial charge is 0.311 e. The van der Waals surface area contributed by atoms with Crippen molar-refractivity contribution in [3.05, 3.63) is 163 Å². The van der Waals surface area contributed by atoms with E-state index < -0.39 is 0 Å². The summed E-state index contributed by atoms with van der Waals surface area (Å²) in [4.78, 5) is 5.09. The first-order valence-electron chi connectivity index (χ1n) is 17.9. The van der Waals surface area contributed by atoms with Crippen LogP contribution in [0.2, 0.25) is 0 Å². The van der Waals surface area contributed by atoms with Gasteiger partial charge in [0.1, 0.15) is 0 Å². The van der Waals surface area contributed by atoms with Crippen molar-refractivity contribution in [3.8, 4) is 11.1 Å². The Morgan fingerprint density at radius 3 is 1.71 bits per heavy atom. The maximum Gasteiger partial charge on any atom is 0.252 e. The molecule has 0 amide bonds. The van der Waals surface area contributed by atoms with Gasteiger partial charge in [-0.2, -0.15) is 0 Å². The average Bonchev–Trinajstić information content (AvgIpc) is 3.18. The Kier molecular flexibility index (Phi) is 6.72. The maximum atomic E-state index is 2.56. The third-order valence-electron chi connectivity index (χ3n) is 11.2. The van der Waals surface area contributed by atoms with E-state index in [9.17, 15) is 0 Å². The highest BCUT2D eigenvalue weighted by molar-refractivity contribution is 7.00. The zero-order valence-corrected chi connectivity index (χ0v) is 27.6. The second-order valence-electron chi connectivity index (χ2n) is 14.0. The molecule has 234 valence electrons. The lowest BCUT2D eigenvalue weighted by Gasteiger charge is -2.45. The molecule has 3 aliphatic rings. The second kappa shape index (κ2) is 11.6. The van der Waals surface area contributed by atoms with Gasteiger partial charge >= 0.3 is 0 Å². The standard InChI is InChI=1S/C46H37BN2/c1-4-14-32(15-5-1)37-30-44-46-45(31-37)49(39-20-8-3-9-21-39)43-27-26-36(35-25-24-33-16-10-11-17-34(33)28-35)29-41(43)47(46)40-22-12-13-23-42(40)48(44)38-18-6-2-7-19-38/h2-3,6-13,16-32H,1,4-5,14-15H2. The summed E-state index contributed by atoms with van der Waals surface area (Å²) in [5.41, 5.74) is 15.7. The minimum absolute atomic E-state index is 0.108. The van der Waals surface area contributed by atoms with E-state index in [2.05, 4.69) is 168 Å². The zero-order valence-electron chi connectivity index (χ0n) is 27.6. The van der Waals surface area contributed by atoms with Crippen molar-refractivity contribution in [1.29, 1.82) is 0 Å². The Labute approximate surface area is 289 Å². The van der Waals surface area contributed by atoms with Crippen LogP contribution in [0.4, 0.5) is 34.1 Å². The summed E-state index contributed by atoms with van der Waals surface area (Å²) >= 11 is 0. The van der Waals surface area contributed by atoms with Crippen molar-refractivity contribution in [2.75, 3.05) is 9.80 Å². The monoisotopic (exact) mass is 628 g/mol. The smallest absolute Gasteiger partial charge is 0.252 e. The summed E-state index contributed by atoms with van der Waals surface area (Å²) in [5.74, 6) is 0.581. The van der Waals surface area contributed by atoms with E-state index >= 15 is 0 Å². The number of hydrogen-bond donors (Lipinski definition) is 0. The molecule has 2 aliphatic heterocycles. The molecule has 0 saturated heterocycles. The minimum atomic E-state index is 0.108.